The van der Waals surface area contributed by atoms with Crippen molar-refractivity contribution in [1.82, 2.24) is 40.8 Å². The molecule has 2 aromatic carbocycles. The Morgan fingerprint density at radius 3 is 2.88 bits per heavy atom. The van der Waals surface area contributed by atoms with Gasteiger partial charge < -0.3 is 20.4 Å². The van der Waals surface area contributed by atoms with Crippen LogP contribution in [-0.2, 0) is 20.7 Å². The van der Waals surface area contributed by atoms with E-state index < -0.39 is 12.0 Å². The third kappa shape index (κ3) is 6.78. The molecule has 0 spiro atoms. The van der Waals surface area contributed by atoms with Crippen molar-refractivity contribution in [3.8, 4) is 16.9 Å². The van der Waals surface area contributed by atoms with Gasteiger partial charge in [0, 0.05) is 34.3 Å². The largest absolute Gasteiger partial charge is 0.469 e. The first kappa shape index (κ1) is 28.4. The van der Waals surface area contributed by atoms with E-state index in [1.807, 2.05) is 12.2 Å². The SMILES string of the molecule is COC(=O)Cc1ccc2c(c1)C(=O)NCC/C=C/C[C@H](NC(=O)/C=C/c1cc(Cl)ccc1-n1cnnn1)c1ncc-2[nH]1. The number of fused-ring (bicyclic) bond motifs is 4. The average molecular weight is 587 g/mol. The Hall–Kier alpha value is -5.10. The minimum absolute atomic E-state index is 0.0437. The van der Waals surface area contributed by atoms with Gasteiger partial charge >= 0.3 is 5.97 Å². The molecule has 0 saturated carbocycles. The molecule has 5 rings (SSSR count). The van der Waals surface area contributed by atoms with E-state index in [-0.39, 0.29) is 18.2 Å². The Balaban J connectivity index is 1.41. The molecular formula is C29H27ClN8O4. The zero-order valence-electron chi connectivity index (χ0n) is 22.6. The van der Waals surface area contributed by atoms with Gasteiger partial charge in [0.05, 0.1) is 37.2 Å². The number of benzene rings is 2. The number of aromatic amines is 1. The minimum Gasteiger partial charge on any atom is -0.469 e. The van der Waals surface area contributed by atoms with Crippen molar-refractivity contribution in [2.75, 3.05) is 13.7 Å². The molecule has 1 aliphatic rings. The van der Waals surface area contributed by atoms with Crippen molar-refractivity contribution < 1.29 is 19.1 Å². The van der Waals surface area contributed by atoms with Crippen molar-refractivity contribution in [2.45, 2.75) is 25.3 Å². The van der Waals surface area contributed by atoms with Crippen molar-refractivity contribution in [3.63, 3.8) is 0 Å². The van der Waals surface area contributed by atoms with Gasteiger partial charge in [-0.25, -0.2) is 4.98 Å². The van der Waals surface area contributed by atoms with E-state index in [1.165, 1.54) is 24.2 Å². The molecule has 0 fully saturated rings. The van der Waals surface area contributed by atoms with Gasteiger partial charge in [-0.05, 0) is 59.2 Å². The normalized spacial score (nSPS) is 16.0. The van der Waals surface area contributed by atoms with Gasteiger partial charge in [-0.15, -0.1) is 5.10 Å². The number of tetrazole rings is 1. The third-order valence-corrected chi connectivity index (χ3v) is 6.81. The first-order valence-electron chi connectivity index (χ1n) is 13.1. The molecule has 1 aliphatic heterocycles. The third-order valence-electron chi connectivity index (χ3n) is 6.57. The molecule has 1 atom stereocenters. The predicted molar refractivity (Wildman–Crippen MR) is 155 cm³/mol. The molecule has 2 bridgehead atoms. The number of methoxy groups -OCH3 is 1. The molecule has 0 radical (unpaired) electrons. The molecule has 0 unspecified atom stereocenters. The van der Waals surface area contributed by atoms with Gasteiger partial charge in [-0.1, -0.05) is 35.9 Å². The molecule has 0 aliphatic carbocycles. The summed E-state index contributed by atoms with van der Waals surface area (Å²) < 4.78 is 6.25. The first-order valence-corrected chi connectivity index (χ1v) is 13.5. The second kappa shape index (κ2) is 13.0. The molecule has 0 saturated heterocycles. The maximum Gasteiger partial charge on any atom is 0.309 e. The highest BCUT2D eigenvalue weighted by Gasteiger charge is 2.20. The Morgan fingerprint density at radius 2 is 2.07 bits per heavy atom. The maximum absolute atomic E-state index is 13.1. The van der Waals surface area contributed by atoms with Crippen LogP contribution in [0.1, 0.15) is 46.2 Å². The summed E-state index contributed by atoms with van der Waals surface area (Å²) >= 11 is 6.19. The second-order valence-electron chi connectivity index (χ2n) is 9.42. The van der Waals surface area contributed by atoms with Crippen molar-refractivity contribution in [3.05, 3.63) is 94.7 Å². The minimum atomic E-state index is -0.475. The van der Waals surface area contributed by atoms with E-state index in [0.29, 0.717) is 63.9 Å². The summed E-state index contributed by atoms with van der Waals surface area (Å²) in [6, 6.07) is 9.94. The molecule has 2 aromatic heterocycles. The quantitative estimate of drug-likeness (QED) is 0.176. The number of aromatic nitrogens is 6. The van der Waals surface area contributed by atoms with Crippen LogP contribution in [0.5, 0.6) is 0 Å². The van der Waals surface area contributed by atoms with Crippen LogP contribution in [0, 0.1) is 0 Å². The average Bonchev–Trinajstić information content (AvgIpc) is 3.70. The monoisotopic (exact) mass is 586 g/mol. The number of halogens is 1. The molecule has 13 heteroatoms. The lowest BCUT2D eigenvalue weighted by Crippen LogP contribution is -2.27. The zero-order chi connectivity index (χ0) is 29.5. The summed E-state index contributed by atoms with van der Waals surface area (Å²) in [5, 5.41) is 17.7. The lowest BCUT2D eigenvalue weighted by atomic mass is 9.99. The molecule has 214 valence electrons. The van der Waals surface area contributed by atoms with Gasteiger partial charge in [0.2, 0.25) is 5.91 Å². The van der Waals surface area contributed by atoms with Crippen LogP contribution < -0.4 is 10.6 Å². The van der Waals surface area contributed by atoms with Gasteiger partial charge in [0.25, 0.3) is 5.91 Å². The van der Waals surface area contributed by atoms with Gasteiger partial charge in [0.15, 0.2) is 0 Å². The highest BCUT2D eigenvalue weighted by Crippen LogP contribution is 2.27. The van der Waals surface area contributed by atoms with E-state index >= 15 is 0 Å². The number of amides is 2. The van der Waals surface area contributed by atoms with Crippen molar-refractivity contribution in [2.24, 2.45) is 0 Å². The van der Waals surface area contributed by atoms with Crippen LogP contribution in [0.4, 0.5) is 0 Å². The van der Waals surface area contributed by atoms with Gasteiger partial charge in [-0.2, -0.15) is 4.68 Å². The topological polar surface area (TPSA) is 157 Å². The summed E-state index contributed by atoms with van der Waals surface area (Å²) in [5.41, 5.74) is 3.58. The molecular weight excluding hydrogens is 560 g/mol. The van der Waals surface area contributed by atoms with Crippen LogP contribution >= 0.6 is 11.6 Å². The van der Waals surface area contributed by atoms with Gasteiger partial charge in [-0.3, -0.25) is 14.4 Å². The Morgan fingerprint density at radius 1 is 1.19 bits per heavy atom. The number of hydrogen-bond donors (Lipinski definition) is 3. The van der Waals surface area contributed by atoms with E-state index in [4.69, 9.17) is 16.3 Å². The smallest absolute Gasteiger partial charge is 0.309 e. The first-order chi connectivity index (χ1) is 20.4. The summed E-state index contributed by atoms with van der Waals surface area (Å²) in [6.07, 6.45) is 11.1. The molecule has 2 amide bonds. The Kier molecular flexibility index (Phi) is 8.83. The standard InChI is InChI=1S/C29H27ClN8O4/c1-42-27(40)14-18-6-9-21-22(13-18)29(41)31-12-4-2-3-5-23(28-32-16-24(21)35-28)34-26(39)11-7-19-15-20(30)8-10-25(19)38-17-33-36-37-38/h2-3,6-11,13,15-17,23H,4-5,12,14H2,1H3,(H,31,41)(H,32,35)(H,34,39)/b3-2+,11-7+/t23-/m0/s1. The summed E-state index contributed by atoms with van der Waals surface area (Å²) in [7, 11) is 1.32. The maximum atomic E-state index is 13.1. The van der Waals surface area contributed by atoms with E-state index in [2.05, 4.69) is 36.1 Å². The number of ether oxygens (including phenoxy) is 1. The van der Waals surface area contributed by atoms with Crippen LogP contribution in [0.15, 0.2) is 67.2 Å². The van der Waals surface area contributed by atoms with E-state index in [0.717, 1.165) is 0 Å². The molecule has 3 N–H and O–H groups in total. The number of carbonyl (C=O) groups is 3. The van der Waals surface area contributed by atoms with E-state index in [1.54, 1.807) is 48.7 Å². The number of nitrogens with zero attached hydrogens (tertiary/aromatic N) is 5. The fraction of sp³-hybridized carbons (Fsp3) is 0.207. The summed E-state index contributed by atoms with van der Waals surface area (Å²) in [6.45, 7) is 0.423. The lowest BCUT2D eigenvalue weighted by Gasteiger charge is -2.14. The second-order valence-corrected chi connectivity index (χ2v) is 9.86. The number of imidazole rings is 1. The van der Waals surface area contributed by atoms with Crippen molar-refractivity contribution in [1.29, 1.82) is 0 Å². The van der Waals surface area contributed by atoms with Crippen molar-refractivity contribution >= 4 is 35.5 Å². The van der Waals surface area contributed by atoms with Gasteiger partial charge in [0.1, 0.15) is 12.2 Å². The molecule has 3 heterocycles. The number of esters is 1. The summed E-state index contributed by atoms with van der Waals surface area (Å²) in [4.78, 5) is 45.8. The van der Waals surface area contributed by atoms with E-state index in [9.17, 15) is 14.4 Å². The Bertz CT molecular complexity index is 1660. The fourth-order valence-electron chi connectivity index (χ4n) is 4.49. The van der Waals surface area contributed by atoms with Crippen LogP contribution in [0.2, 0.25) is 5.02 Å². The number of rotatable bonds is 6. The summed E-state index contributed by atoms with van der Waals surface area (Å²) in [5.74, 6) is -0.484. The number of H-pyrrole nitrogens is 1. The Labute approximate surface area is 245 Å². The highest BCUT2D eigenvalue weighted by atomic mass is 35.5. The highest BCUT2D eigenvalue weighted by molar-refractivity contribution is 6.30. The molecule has 4 aromatic rings. The molecule has 42 heavy (non-hydrogen) atoms. The predicted octanol–water partition coefficient (Wildman–Crippen LogP) is 3.37. The fourth-order valence-corrected chi connectivity index (χ4v) is 4.67. The zero-order valence-corrected chi connectivity index (χ0v) is 23.3. The number of nitrogens with one attached hydrogen (secondary N) is 3. The number of carbonyl (C=O) groups excluding carboxylic acids is 3. The molecule has 12 nitrogen and oxygen atoms in total. The lowest BCUT2D eigenvalue weighted by molar-refractivity contribution is -0.139. The van der Waals surface area contributed by atoms with Crippen LogP contribution in [0.3, 0.4) is 0 Å². The van der Waals surface area contributed by atoms with Crippen LogP contribution in [-0.4, -0.2) is 61.6 Å². The number of hydrogen-bond acceptors (Lipinski definition) is 8. The van der Waals surface area contributed by atoms with Crippen LogP contribution in [0.25, 0.3) is 23.0 Å².